The number of anilines is 1. The summed E-state index contributed by atoms with van der Waals surface area (Å²) in [6.45, 7) is 2.71. The molecule has 1 N–H and O–H groups in total. The van der Waals surface area contributed by atoms with Crippen molar-refractivity contribution >= 4 is 28.5 Å². The van der Waals surface area contributed by atoms with Crippen molar-refractivity contribution < 1.29 is 0 Å². The zero-order valence-corrected chi connectivity index (χ0v) is 12.1. The van der Waals surface area contributed by atoms with Crippen LogP contribution in [0.3, 0.4) is 0 Å². The topological polar surface area (TPSA) is 66.5 Å². The van der Waals surface area contributed by atoms with Crippen LogP contribution < -0.4 is 5.32 Å². The molecule has 0 radical (unpaired) electrons. The Hall–Kier alpha value is -2.58. The summed E-state index contributed by atoms with van der Waals surface area (Å²) in [7, 11) is 0. The third-order valence-electron chi connectivity index (χ3n) is 3.09. The van der Waals surface area contributed by atoms with Gasteiger partial charge in [0.15, 0.2) is 5.65 Å². The Bertz CT molecular complexity index is 830. The molecule has 0 aliphatic carbocycles. The van der Waals surface area contributed by atoms with Gasteiger partial charge in [-0.1, -0.05) is 11.6 Å². The van der Waals surface area contributed by atoms with Gasteiger partial charge in [-0.3, -0.25) is 0 Å². The highest BCUT2D eigenvalue weighted by molar-refractivity contribution is 6.30. The fourth-order valence-electron chi connectivity index (χ4n) is 2.18. The van der Waals surface area contributed by atoms with Gasteiger partial charge in [-0.25, -0.2) is 9.97 Å². The lowest BCUT2D eigenvalue weighted by molar-refractivity contribution is 1.05. The van der Waals surface area contributed by atoms with Gasteiger partial charge in [-0.15, -0.1) is 0 Å². The van der Waals surface area contributed by atoms with Crippen molar-refractivity contribution in [1.82, 2.24) is 14.5 Å². The molecule has 5 nitrogen and oxygen atoms in total. The molecular formula is C15H12ClN5. The van der Waals surface area contributed by atoms with Gasteiger partial charge in [0.05, 0.1) is 5.39 Å². The van der Waals surface area contributed by atoms with Crippen LogP contribution in [-0.4, -0.2) is 21.1 Å². The Balaban J connectivity index is 2.23. The summed E-state index contributed by atoms with van der Waals surface area (Å²) in [5.41, 5.74) is 1.62. The number of nitriles is 1. The highest BCUT2D eigenvalue weighted by Gasteiger charge is 2.12. The van der Waals surface area contributed by atoms with Gasteiger partial charge >= 0.3 is 0 Å². The Morgan fingerprint density at radius 3 is 2.67 bits per heavy atom. The number of benzene rings is 1. The van der Waals surface area contributed by atoms with Gasteiger partial charge in [0.25, 0.3) is 0 Å². The van der Waals surface area contributed by atoms with E-state index in [1.807, 2.05) is 54.1 Å². The van der Waals surface area contributed by atoms with Crippen LogP contribution >= 0.6 is 11.6 Å². The zero-order valence-electron chi connectivity index (χ0n) is 11.3. The predicted octanol–water partition coefficient (Wildman–Crippen LogP) is 3.38. The standard InChI is InChI=1S/C15H12ClN5/c1-2-18-14-12-7-8-21(11-5-3-10(16)4-6-11)15(12)20-13(9-17)19-14/h3-8H,2H2,1H3,(H,18,19,20). The average molecular weight is 298 g/mol. The molecule has 2 heterocycles. The molecule has 0 atom stereocenters. The molecule has 0 amide bonds. The SMILES string of the molecule is CCNc1nc(C#N)nc2c1ccn2-c1ccc(Cl)cc1. The molecule has 0 fully saturated rings. The molecule has 3 rings (SSSR count). The average Bonchev–Trinajstić information content (AvgIpc) is 2.92. The van der Waals surface area contributed by atoms with Gasteiger partial charge < -0.3 is 9.88 Å². The maximum Gasteiger partial charge on any atom is 0.236 e. The summed E-state index contributed by atoms with van der Waals surface area (Å²) in [5.74, 6) is 0.819. The van der Waals surface area contributed by atoms with Crippen LogP contribution in [0.2, 0.25) is 5.02 Å². The number of fused-ring (bicyclic) bond motifs is 1. The largest absolute Gasteiger partial charge is 0.370 e. The van der Waals surface area contributed by atoms with E-state index in [2.05, 4.69) is 15.3 Å². The molecule has 21 heavy (non-hydrogen) atoms. The lowest BCUT2D eigenvalue weighted by Crippen LogP contribution is -2.04. The van der Waals surface area contributed by atoms with Crippen LogP contribution in [0, 0.1) is 11.3 Å². The second-order valence-corrected chi connectivity index (χ2v) is 4.87. The first kappa shape index (κ1) is 13.4. The number of aromatic nitrogens is 3. The van der Waals surface area contributed by atoms with Gasteiger partial charge in [0.1, 0.15) is 11.9 Å². The molecular weight excluding hydrogens is 286 g/mol. The van der Waals surface area contributed by atoms with Gasteiger partial charge in [0, 0.05) is 23.5 Å². The first-order valence-electron chi connectivity index (χ1n) is 6.52. The molecule has 3 aromatic rings. The van der Waals surface area contributed by atoms with E-state index in [9.17, 15) is 0 Å². The van der Waals surface area contributed by atoms with E-state index in [0.29, 0.717) is 16.5 Å². The number of hydrogen-bond donors (Lipinski definition) is 1. The van der Waals surface area contributed by atoms with Crippen molar-refractivity contribution in [2.75, 3.05) is 11.9 Å². The second kappa shape index (κ2) is 5.43. The van der Waals surface area contributed by atoms with Crippen molar-refractivity contribution in [1.29, 1.82) is 5.26 Å². The van der Waals surface area contributed by atoms with E-state index < -0.39 is 0 Å². The van der Waals surface area contributed by atoms with Crippen molar-refractivity contribution in [2.45, 2.75) is 6.92 Å². The Kier molecular flexibility index (Phi) is 3.46. The van der Waals surface area contributed by atoms with E-state index >= 15 is 0 Å². The first-order chi connectivity index (χ1) is 10.2. The summed E-state index contributed by atoms with van der Waals surface area (Å²) < 4.78 is 1.91. The molecule has 6 heteroatoms. The Labute approximate surface area is 126 Å². The van der Waals surface area contributed by atoms with Crippen LogP contribution in [0.1, 0.15) is 12.7 Å². The number of rotatable bonds is 3. The minimum absolute atomic E-state index is 0.146. The van der Waals surface area contributed by atoms with Gasteiger partial charge in [-0.2, -0.15) is 5.26 Å². The van der Waals surface area contributed by atoms with Crippen molar-refractivity contribution in [3.05, 3.63) is 47.4 Å². The summed E-state index contributed by atoms with van der Waals surface area (Å²) >= 11 is 5.92. The highest BCUT2D eigenvalue weighted by atomic mass is 35.5. The van der Waals surface area contributed by atoms with Gasteiger partial charge in [-0.05, 0) is 37.3 Å². The smallest absolute Gasteiger partial charge is 0.236 e. The number of nitrogens with one attached hydrogen (secondary N) is 1. The van der Waals surface area contributed by atoms with Crippen LogP contribution in [0.4, 0.5) is 5.82 Å². The molecule has 0 saturated heterocycles. The lowest BCUT2D eigenvalue weighted by atomic mass is 10.3. The summed E-state index contributed by atoms with van der Waals surface area (Å²) in [6, 6.07) is 11.4. The number of hydrogen-bond acceptors (Lipinski definition) is 4. The van der Waals surface area contributed by atoms with Crippen LogP contribution in [0.15, 0.2) is 36.5 Å². The van der Waals surface area contributed by atoms with Crippen molar-refractivity contribution in [2.24, 2.45) is 0 Å². The maximum atomic E-state index is 9.10. The minimum atomic E-state index is 0.146. The van der Waals surface area contributed by atoms with E-state index in [4.69, 9.17) is 16.9 Å². The van der Waals surface area contributed by atoms with Gasteiger partial charge in [0.2, 0.25) is 5.82 Å². The quantitative estimate of drug-likeness (QED) is 0.805. The third-order valence-corrected chi connectivity index (χ3v) is 3.34. The fourth-order valence-corrected chi connectivity index (χ4v) is 2.30. The van der Waals surface area contributed by atoms with Crippen LogP contribution in [-0.2, 0) is 0 Å². The zero-order chi connectivity index (χ0) is 14.8. The molecule has 0 saturated carbocycles. The van der Waals surface area contributed by atoms with Crippen LogP contribution in [0.5, 0.6) is 0 Å². The maximum absolute atomic E-state index is 9.10. The van der Waals surface area contributed by atoms with Crippen LogP contribution in [0.25, 0.3) is 16.7 Å². The second-order valence-electron chi connectivity index (χ2n) is 4.44. The van der Waals surface area contributed by atoms with Crippen molar-refractivity contribution in [3.8, 4) is 11.8 Å². The lowest BCUT2D eigenvalue weighted by Gasteiger charge is -2.07. The predicted molar refractivity (Wildman–Crippen MR) is 82.8 cm³/mol. The third kappa shape index (κ3) is 2.41. The summed E-state index contributed by atoms with van der Waals surface area (Å²) in [6.07, 6.45) is 1.91. The molecule has 1 aromatic carbocycles. The molecule has 0 spiro atoms. The normalized spacial score (nSPS) is 10.5. The highest BCUT2D eigenvalue weighted by Crippen LogP contribution is 2.25. The monoisotopic (exact) mass is 297 g/mol. The molecule has 0 aliphatic heterocycles. The molecule has 104 valence electrons. The molecule has 0 bridgehead atoms. The minimum Gasteiger partial charge on any atom is -0.370 e. The number of halogens is 1. The fraction of sp³-hybridized carbons (Fsp3) is 0.133. The summed E-state index contributed by atoms with van der Waals surface area (Å²) in [4.78, 5) is 8.53. The van der Waals surface area contributed by atoms with E-state index in [1.165, 1.54) is 0 Å². The Morgan fingerprint density at radius 1 is 1.24 bits per heavy atom. The molecule has 2 aromatic heterocycles. The van der Waals surface area contributed by atoms with E-state index in [1.54, 1.807) is 0 Å². The van der Waals surface area contributed by atoms with E-state index in [-0.39, 0.29) is 5.82 Å². The van der Waals surface area contributed by atoms with E-state index in [0.717, 1.165) is 17.6 Å². The molecule has 0 aliphatic rings. The first-order valence-corrected chi connectivity index (χ1v) is 6.89. The molecule has 0 unspecified atom stereocenters. The Morgan fingerprint density at radius 2 is 2.00 bits per heavy atom. The summed E-state index contributed by atoms with van der Waals surface area (Å²) in [5, 5.41) is 13.8. The number of nitrogens with zero attached hydrogens (tertiary/aromatic N) is 4. The van der Waals surface area contributed by atoms with Crippen molar-refractivity contribution in [3.63, 3.8) is 0 Å².